The minimum atomic E-state index is -0.269. The van der Waals surface area contributed by atoms with Crippen LogP contribution in [0.15, 0.2) is 61.1 Å². The van der Waals surface area contributed by atoms with Gasteiger partial charge in [-0.3, -0.25) is 4.98 Å². The maximum Gasteiger partial charge on any atom is 0.123 e. The van der Waals surface area contributed by atoms with Gasteiger partial charge in [0, 0.05) is 28.4 Å². The van der Waals surface area contributed by atoms with E-state index in [1.807, 2.05) is 12.3 Å². The highest BCUT2D eigenvalue weighted by Gasteiger charge is 2.11. The molecule has 0 aliphatic rings. The topological polar surface area (TPSA) is 30.7 Å². The van der Waals surface area contributed by atoms with E-state index >= 15 is 0 Å². The average Bonchev–Trinajstić information content (AvgIpc) is 3.04. The van der Waals surface area contributed by atoms with E-state index < -0.39 is 0 Å². The zero-order valence-electron chi connectivity index (χ0n) is 12.2. The van der Waals surface area contributed by atoms with Gasteiger partial charge in [-0.25, -0.2) is 9.07 Å². The molecule has 24 heavy (non-hydrogen) atoms. The van der Waals surface area contributed by atoms with Gasteiger partial charge in [-0.15, -0.1) is 0 Å². The molecule has 0 saturated carbocycles. The number of hydrogen-bond donors (Lipinski definition) is 0. The van der Waals surface area contributed by atoms with E-state index in [1.165, 1.54) is 12.1 Å². The van der Waals surface area contributed by atoms with E-state index in [2.05, 4.69) is 10.1 Å². The summed E-state index contributed by atoms with van der Waals surface area (Å²) in [6, 6.07) is 11.6. The van der Waals surface area contributed by atoms with Crippen LogP contribution in [-0.2, 0) is 0 Å². The molecule has 0 aliphatic carbocycles. The first-order valence-electron chi connectivity index (χ1n) is 7.16. The Kier molecular flexibility index (Phi) is 3.71. The maximum absolute atomic E-state index is 13.1. The largest absolute Gasteiger partial charge is 0.256 e. The second-order valence-corrected chi connectivity index (χ2v) is 6.14. The van der Waals surface area contributed by atoms with Crippen LogP contribution in [0.1, 0.15) is 0 Å². The standard InChI is InChI=1S/C18H10Cl2FN3/c19-13-7-15(20)18-16(8-13)22-6-5-17(18)24-10-12(9-23-24)11-1-3-14(21)4-2-11/h1-10H. The number of halogens is 3. The normalized spacial score (nSPS) is 11.1. The Balaban J connectivity index is 1.86. The van der Waals surface area contributed by atoms with Crippen molar-refractivity contribution < 1.29 is 4.39 Å². The molecule has 4 rings (SSSR count). The monoisotopic (exact) mass is 357 g/mol. The third-order valence-corrected chi connectivity index (χ3v) is 4.26. The summed E-state index contributed by atoms with van der Waals surface area (Å²) in [4.78, 5) is 4.31. The second-order valence-electron chi connectivity index (χ2n) is 5.29. The van der Waals surface area contributed by atoms with E-state index in [9.17, 15) is 4.39 Å². The second kappa shape index (κ2) is 5.89. The first kappa shape index (κ1) is 15.1. The molecule has 0 bridgehead atoms. The van der Waals surface area contributed by atoms with Crippen molar-refractivity contribution in [2.45, 2.75) is 0 Å². The Morgan fingerprint density at radius 2 is 1.75 bits per heavy atom. The first-order chi connectivity index (χ1) is 11.6. The van der Waals surface area contributed by atoms with E-state index in [-0.39, 0.29) is 5.82 Å². The fourth-order valence-electron chi connectivity index (χ4n) is 2.62. The number of hydrogen-bond acceptors (Lipinski definition) is 2. The molecule has 2 aromatic carbocycles. The van der Waals surface area contributed by atoms with Gasteiger partial charge >= 0.3 is 0 Å². The Hall–Kier alpha value is -2.43. The van der Waals surface area contributed by atoms with Crippen LogP contribution in [0, 0.1) is 5.82 Å². The Morgan fingerprint density at radius 1 is 0.958 bits per heavy atom. The van der Waals surface area contributed by atoms with Crippen molar-refractivity contribution in [1.82, 2.24) is 14.8 Å². The smallest absolute Gasteiger partial charge is 0.123 e. The molecule has 2 aromatic heterocycles. The first-order valence-corrected chi connectivity index (χ1v) is 7.92. The van der Waals surface area contributed by atoms with Crippen molar-refractivity contribution in [2.75, 3.05) is 0 Å². The highest BCUT2D eigenvalue weighted by atomic mass is 35.5. The predicted molar refractivity (Wildman–Crippen MR) is 94.3 cm³/mol. The minimum absolute atomic E-state index is 0.269. The summed E-state index contributed by atoms with van der Waals surface area (Å²) in [5.41, 5.74) is 3.26. The van der Waals surface area contributed by atoms with Crippen LogP contribution in [0.2, 0.25) is 10.0 Å². The predicted octanol–water partition coefficient (Wildman–Crippen LogP) is 5.53. The Morgan fingerprint density at radius 3 is 2.54 bits per heavy atom. The van der Waals surface area contributed by atoms with E-state index in [0.717, 1.165) is 22.2 Å². The minimum Gasteiger partial charge on any atom is -0.256 e. The molecular weight excluding hydrogens is 348 g/mol. The lowest BCUT2D eigenvalue weighted by molar-refractivity contribution is 0.628. The molecule has 0 spiro atoms. The highest BCUT2D eigenvalue weighted by molar-refractivity contribution is 6.39. The molecular formula is C18H10Cl2FN3. The third-order valence-electron chi connectivity index (χ3n) is 3.74. The lowest BCUT2D eigenvalue weighted by atomic mass is 10.1. The van der Waals surface area contributed by atoms with Gasteiger partial charge in [0.05, 0.1) is 22.4 Å². The third kappa shape index (κ3) is 2.64. The zero-order chi connectivity index (χ0) is 16.7. The fourth-order valence-corrected chi connectivity index (χ4v) is 3.20. The van der Waals surface area contributed by atoms with Gasteiger partial charge in [-0.05, 0) is 35.9 Å². The van der Waals surface area contributed by atoms with Crippen molar-refractivity contribution in [3.8, 4) is 16.8 Å². The van der Waals surface area contributed by atoms with E-state index in [0.29, 0.717) is 15.6 Å². The van der Waals surface area contributed by atoms with Crippen LogP contribution in [0.25, 0.3) is 27.7 Å². The molecule has 0 aliphatic heterocycles. The Labute approximate surface area is 147 Å². The number of rotatable bonds is 2. The summed E-state index contributed by atoms with van der Waals surface area (Å²) in [7, 11) is 0. The molecule has 0 amide bonds. The molecule has 118 valence electrons. The molecule has 0 radical (unpaired) electrons. The van der Waals surface area contributed by atoms with Crippen molar-refractivity contribution in [3.63, 3.8) is 0 Å². The van der Waals surface area contributed by atoms with Gasteiger partial charge in [0.1, 0.15) is 5.82 Å². The van der Waals surface area contributed by atoms with Crippen LogP contribution in [0.4, 0.5) is 4.39 Å². The molecule has 4 aromatic rings. The molecule has 2 heterocycles. The van der Waals surface area contributed by atoms with Crippen LogP contribution >= 0.6 is 23.2 Å². The zero-order valence-corrected chi connectivity index (χ0v) is 13.8. The molecule has 0 atom stereocenters. The summed E-state index contributed by atoms with van der Waals surface area (Å²) in [5.74, 6) is -0.269. The van der Waals surface area contributed by atoms with Crippen LogP contribution < -0.4 is 0 Å². The van der Waals surface area contributed by atoms with E-state index in [1.54, 1.807) is 41.3 Å². The van der Waals surface area contributed by atoms with Gasteiger partial charge in [-0.1, -0.05) is 35.3 Å². The molecule has 0 unspecified atom stereocenters. The number of nitrogens with zero attached hydrogens (tertiary/aromatic N) is 3. The van der Waals surface area contributed by atoms with Gasteiger partial charge in [0.25, 0.3) is 0 Å². The van der Waals surface area contributed by atoms with Gasteiger partial charge in [0.15, 0.2) is 0 Å². The summed E-state index contributed by atoms with van der Waals surface area (Å²) >= 11 is 12.4. The Bertz CT molecular complexity index is 1040. The maximum atomic E-state index is 13.1. The summed E-state index contributed by atoms with van der Waals surface area (Å²) in [5, 5.41) is 6.22. The van der Waals surface area contributed by atoms with Crippen LogP contribution in [0.5, 0.6) is 0 Å². The SMILES string of the molecule is Fc1ccc(-c2cnn(-c3ccnc4cc(Cl)cc(Cl)c34)c2)cc1. The van der Waals surface area contributed by atoms with E-state index in [4.69, 9.17) is 23.2 Å². The lowest BCUT2D eigenvalue weighted by Gasteiger charge is -2.08. The molecule has 6 heteroatoms. The molecule has 0 fully saturated rings. The van der Waals surface area contributed by atoms with Crippen molar-refractivity contribution >= 4 is 34.1 Å². The quantitative estimate of drug-likeness (QED) is 0.471. The number of fused-ring (bicyclic) bond motifs is 1. The molecule has 0 saturated heterocycles. The van der Waals surface area contributed by atoms with Gasteiger partial charge in [0.2, 0.25) is 0 Å². The number of aromatic nitrogens is 3. The summed E-state index contributed by atoms with van der Waals surface area (Å²) in [6.45, 7) is 0. The van der Waals surface area contributed by atoms with Crippen molar-refractivity contribution in [3.05, 3.63) is 76.9 Å². The van der Waals surface area contributed by atoms with Crippen LogP contribution in [-0.4, -0.2) is 14.8 Å². The average molecular weight is 358 g/mol. The van der Waals surface area contributed by atoms with Crippen molar-refractivity contribution in [1.29, 1.82) is 0 Å². The van der Waals surface area contributed by atoms with Gasteiger partial charge in [-0.2, -0.15) is 5.10 Å². The highest BCUT2D eigenvalue weighted by Crippen LogP contribution is 2.31. The van der Waals surface area contributed by atoms with Gasteiger partial charge < -0.3 is 0 Å². The molecule has 3 nitrogen and oxygen atoms in total. The lowest BCUT2D eigenvalue weighted by Crippen LogP contribution is -1.97. The number of pyridine rings is 1. The van der Waals surface area contributed by atoms with Crippen LogP contribution in [0.3, 0.4) is 0 Å². The fraction of sp³-hybridized carbons (Fsp3) is 0. The summed E-state index contributed by atoms with van der Waals surface area (Å²) in [6.07, 6.45) is 5.28. The molecule has 0 N–H and O–H groups in total. The summed E-state index contributed by atoms with van der Waals surface area (Å²) < 4.78 is 14.8. The van der Waals surface area contributed by atoms with Crippen molar-refractivity contribution in [2.24, 2.45) is 0 Å². The number of benzene rings is 2.